The van der Waals surface area contributed by atoms with Crippen molar-refractivity contribution in [3.05, 3.63) is 58.1 Å². The summed E-state index contributed by atoms with van der Waals surface area (Å²) in [6, 6.07) is 14.4. The SMILES string of the molecule is CN1CCc2c(-c3ccccc3)cc(C#N)c(Cl)c2C1. The van der Waals surface area contributed by atoms with Crippen LogP contribution in [-0.2, 0) is 13.0 Å². The second kappa shape index (κ2) is 5.28. The quantitative estimate of drug-likeness (QED) is 0.794. The molecule has 1 heterocycles. The molecule has 0 spiro atoms. The fourth-order valence-corrected chi connectivity index (χ4v) is 3.08. The van der Waals surface area contributed by atoms with Crippen LogP contribution in [0, 0.1) is 11.3 Å². The third-order valence-electron chi connectivity index (χ3n) is 3.86. The lowest BCUT2D eigenvalue weighted by Crippen LogP contribution is -2.27. The Morgan fingerprint density at radius 3 is 2.65 bits per heavy atom. The molecule has 20 heavy (non-hydrogen) atoms. The monoisotopic (exact) mass is 282 g/mol. The fourth-order valence-electron chi connectivity index (χ4n) is 2.81. The highest BCUT2D eigenvalue weighted by molar-refractivity contribution is 6.32. The molecule has 100 valence electrons. The van der Waals surface area contributed by atoms with Gasteiger partial charge in [0.1, 0.15) is 6.07 Å². The van der Waals surface area contributed by atoms with E-state index < -0.39 is 0 Å². The molecule has 0 unspecified atom stereocenters. The molecule has 2 nitrogen and oxygen atoms in total. The molecule has 2 aromatic carbocycles. The number of fused-ring (bicyclic) bond motifs is 1. The van der Waals surface area contributed by atoms with Gasteiger partial charge in [-0.3, -0.25) is 0 Å². The van der Waals surface area contributed by atoms with Crippen LogP contribution in [0.3, 0.4) is 0 Å². The average molecular weight is 283 g/mol. The van der Waals surface area contributed by atoms with E-state index in [1.165, 1.54) is 5.56 Å². The standard InChI is InChI=1S/C17H15ClN2/c1-20-8-7-14-15(12-5-3-2-4-6-12)9-13(10-19)17(18)16(14)11-20/h2-6,9H,7-8,11H2,1H3. The van der Waals surface area contributed by atoms with Gasteiger partial charge < -0.3 is 4.90 Å². The van der Waals surface area contributed by atoms with E-state index in [0.717, 1.165) is 36.2 Å². The van der Waals surface area contributed by atoms with Crippen molar-refractivity contribution in [3.8, 4) is 17.2 Å². The highest BCUT2D eigenvalue weighted by Crippen LogP contribution is 2.36. The Bertz CT molecular complexity index is 686. The number of halogens is 1. The Kier molecular flexibility index (Phi) is 3.48. The van der Waals surface area contributed by atoms with E-state index in [1.807, 2.05) is 24.3 Å². The van der Waals surface area contributed by atoms with Crippen molar-refractivity contribution in [2.24, 2.45) is 0 Å². The first-order chi connectivity index (χ1) is 9.70. The summed E-state index contributed by atoms with van der Waals surface area (Å²) in [5.74, 6) is 0. The van der Waals surface area contributed by atoms with Gasteiger partial charge in [0.05, 0.1) is 10.6 Å². The zero-order valence-electron chi connectivity index (χ0n) is 11.4. The minimum absolute atomic E-state index is 0.569. The number of hydrogen-bond acceptors (Lipinski definition) is 2. The molecule has 0 N–H and O–H groups in total. The largest absolute Gasteiger partial charge is 0.302 e. The second-order valence-electron chi connectivity index (χ2n) is 5.21. The minimum Gasteiger partial charge on any atom is -0.302 e. The van der Waals surface area contributed by atoms with Crippen molar-refractivity contribution in [2.45, 2.75) is 13.0 Å². The molecule has 3 heteroatoms. The van der Waals surface area contributed by atoms with Gasteiger partial charge in [0.2, 0.25) is 0 Å². The molecule has 0 saturated carbocycles. The molecule has 1 aliphatic rings. The van der Waals surface area contributed by atoms with Crippen LogP contribution in [0.2, 0.25) is 5.02 Å². The van der Waals surface area contributed by atoms with Crippen molar-refractivity contribution in [3.63, 3.8) is 0 Å². The summed E-state index contributed by atoms with van der Waals surface area (Å²) in [7, 11) is 2.08. The van der Waals surface area contributed by atoms with Gasteiger partial charge in [-0.05, 0) is 41.8 Å². The molecule has 0 fully saturated rings. The van der Waals surface area contributed by atoms with Gasteiger partial charge in [-0.2, -0.15) is 5.26 Å². The summed E-state index contributed by atoms with van der Waals surface area (Å²) in [5, 5.41) is 9.93. The van der Waals surface area contributed by atoms with Crippen LogP contribution in [0.1, 0.15) is 16.7 Å². The number of hydrogen-bond donors (Lipinski definition) is 0. The van der Waals surface area contributed by atoms with Gasteiger partial charge in [-0.25, -0.2) is 0 Å². The van der Waals surface area contributed by atoms with E-state index in [-0.39, 0.29) is 0 Å². The molecule has 0 bridgehead atoms. The van der Waals surface area contributed by atoms with E-state index in [9.17, 15) is 5.26 Å². The maximum atomic E-state index is 9.31. The van der Waals surface area contributed by atoms with Crippen LogP contribution in [0.4, 0.5) is 0 Å². The molecule has 3 rings (SSSR count). The Morgan fingerprint density at radius 2 is 1.95 bits per heavy atom. The van der Waals surface area contributed by atoms with Gasteiger partial charge >= 0.3 is 0 Å². The smallest absolute Gasteiger partial charge is 0.101 e. The van der Waals surface area contributed by atoms with Crippen LogP contribution >= 0.6 is 11.6 Å². The van der Waals surface area contributed by atoms with Crippen LogP contribution < -0.4 is 0 Å². The van der Waals surface area contributed by atoms with Crippen molar-refractivity contribution < 1.29 is 0 Å². The van der Waals surface area contributed by atoms with E-state index in [4.69, 9.17) is 11.6 Å². The van der Waals surface area contributed by atoms with Gasteiger partial charge in [-0.15, -0.1) is 0 Å². The molecule has 1 aliphatic heterocycles. The first kappa shape index (κ1) is 13.2. The molecular weight excluding hydrogens is 268 g/mol. The van der Waals surface area contributed by atoms with Crippen molar-refractivity contribution in [1.29, 1.82) is 5.26 Å². The van der Waals surface area contributed by atoms with Crippen molar-refractivity contribution >= 4 is 11.6 Å². The van der Waals surface area contributed by atoms with E-state index in [1.54, 1.807) is 0 Å². The van der Waals surface area contributed by atoms with Crippen molar-refractivity contribution in [2.75, 3.05) is 13.6 Å². The Hall–Kier alpha value is -1.82. The third kappa shape index (κ3) is 2.20. The van der Waals surface area contributed by atoms with E-state index in [0.29, 0.717) is 10.6 Å². The molecule has 0 radical (unpaired) electrons. The number of benzene rings is 2. The molecular formula is C17H15ClN2. The zero-order valence-corrected chi connectivity index (χ0v) is 12.1. The van der Waals surface area contributed by atoms with Gasteiger partial charge in [0.15, 0.2) is 0 Å². The molecule has 0 saturated heterocycles. The summed E-state index contributed by atoms with van der Waals surface area (Å²) >= 11 is 6.40. The lowest BCUT2D eigenvalue weighted by atomic mass is 9.89. The van der Waals surface area contributed by atoms with Crippen LogP contribution in [0.25, 0.3) is 11.1 Å². The topological polar surface area (TPSA) is 27.0 Å². The second-order valence-corrected chi connectivity index (χ2v) is 5.59. The number of likely N-dealkylation sites (N-methyl/N-ethyl adjacent to an activating group) is 1. The fraction of sp³-hybridized carbons (Fsp3) is 0.235. The molecule has 2 aromatic rings. The van der Waals surface area contributed by atoms with Crippen LogP contribution in [-0.4, -0.2) is 18.5 Å². The first-order valence-corrected chi connectivity index (χ1v) is 7.07. The summed E-state index contributed by atoms with van der Waals surface area (Å²) in [6.07, 6.45) is 0.974. The first-order valence-electron chi connectivity index (χ1n) is 6.69. The minimum atomic E-state index is 0.569. The zero-order chi connectivity index (χ0) is 14.1. The van der Waals surface area contributed by atoms with Crippen LogP contribution in [0.5, 0.6) is 0 Å². The van der Waals surface area contributed by atoms with Gasteiger partial charge in [0, 0.05) is 13.1 Å². The highest BCUT2D eigenvalue weighted by Gasteiger charge is 2.22. The highest BCUT2D eigenvalue weighted by atomic mass is 35.5. The Labute approximate surface area is 124 Å². The predicted octanol–water partition coefficient (Wildman–Crippen LogP) is 3.87. The summed E-state index contributed by atoms with van der Waals surface area (Å²) in [5.41, 5.74) is 5.27. The van der Waals surface area contributed by atoms with Crippen LogP contribution in [0.15, 0.2) is 36.4 Å². The molecule has 0 aromatic heterocycles. The number of nitrogens with zero attached hydrogens (tertiary/aromatic N) is 2. The van der Waals surface area contributed by atoms with E-state index >= 15 is 0 Å². The lowest BCUT2D eigenvalue weighted by Gasteiger charge is -2.28. The molecule has 0 atom stereocenters. The maximum absolute atomic E-state index is 9.31. The number of nitriles is 1. The predicted molar refractivity (Wildman–Crippen MR) is 81.6 cm³/mol. The molecule has 0 amide bonds. The summed E-state index contributed by atoms with van der Waals surface area (Å²) in [4.78, 5) is 2.24. The Morgan fingerprint density at radius 1 is 1.20 bits per heavy atom. The molecule has 0 aliphatic carbocycles. The van der Waals surface area contributed by atoms with Crippen molar-refractivity contribution in [1.82, 2.24) is 4.90 Å². The Balaban J connectivity index is 2.26. The normalized spacial score (nSPS) is 14.7. The van der Waals surface area contributed by atoms with Gasteiger partial charge in [0.25, 0.3) is 0 Å². The maximum Gasteiger partial charge on any atom is 0.101 e. The summed E-state index contributed by atoms with van der Waals surface area (Å²) in [6.45, 7) is 1.83. The average Bonchev–Trinajstić information content (AvgIpc) is 2.49. The third-order valence-corrected chi connectivity index (χ3v) is 4.29. The van der Waals surface area contributed by atoms with E-state index in [2.05, 4.69) is 30.1 Å². The summed E-state index contributed by atoms with van der Waals surface area (Å²) < 4.78 is 0. The number of rotatable bonds is 1. The van der Waals surface area contributed by atoms with Gasteiger partial charge in [-0.1, -0.05) is 41.9 Å². The lowest BCUT2D eigenvalue weighted by molar-refractivity contribution is 0.313.